The number of carbonyl (C=O) groups excluding carboxylic acids is 1. The van der Waals surface area contributed by atoms with Crippen LogP contribution in [0, 0.1) is 0 Å². The molecule has 0 bridgehead atoms. The first-order valence-corrected chi connectivity index (χ1v) is 8.33. The summed E-state index contributed by atoms with van der Waals surface area (Å²) in [6.07, 6.45) is -0.0113. The molecule has 2 rings (SSSR count). The second kappa shape index (κ2) is 7.75. The summed E-state index contributed by atoms with van der Waals surface area (Å²) in [5.74, 6) is 1.65. The molecular weight excluding hydrogens is 376 g/mol. The standard InChI is InChI=1S/C18H21BrO5/c1-10(2)24-16-6-12(9-23-11(3)20)18(19)14-7-13(21-4)8-15(22-5)17(14)16/h6-8,10H,9H2,1-5H3. The van der Waals surface area contributed by atoms with E-state index in [0.717, 1.165) is 20.8 Å². The molecule has 24 heavy (non-hydrogen) atoms. The summed E-state index contributed by atoms with van der Waals surface area (Å²) in [5.41, 5.74) is 0.809. The molecule has 5 nitrogen and oxygen atoms in total. The fourth-order valence-corrected chi connectivity index (χ4v) is 2.94. The van der Waals surface area contributed by atoms with Crippen LogP contribution in [0.5, 0.6) is 17.2 Å². The monoisotopic (exact) mass is 396 g/mol. The molecule has 2 aromatic rings. The van der Waals surface area contributed by atoms with Crippen molar-refractivity contribution in [2.75, 3.05) is 14.2 Å². The number of hydrogen-bond donors (Lipinski definition) is 0. The van der Waals surface area contributed by atoms with E-state index in [4.69, 9.17) is 18.9 Å². The van der Waals surface area contributed by atoms with E-state index in [1.807, 2.05) is 32.0 Å². The third-order valence-electron chi connectivity index (χ3n) is 3.40. The number of rotatable bonds is 6. The lowest BCUT2D eigenvalue weighted by Gasteiger charge is -2.19. The number of hydrogen-bond acceptors (Lipinski definition) is 5. The average molecular weight is 397 g/mol. The molecule has 0 aromatic heterocycles. The van der Waals surface area contributed by atoms with Crippen molar-refractivity contribution in [2.45, 2.75) is 33.5 Å². The predicted molar refractivity (Wildman–Crippen MR) is 96.0 cm³/mol. The second-order valence-corrected chi connectivity index (χ2v) is 6.34. The van der Waals surface area contributed by atoms with Gasteiger partial charge in [-0.2, -0.15) is 0 Å². The molecule has 0 N–H and O–H groups in total. The van der Waals surface area contributed by atoms with Crippen molar-refractivity contribution in [1.82, 2.24) is 0 Å². The maximum absolute atomic E-state index is 11.1. The molecule has 0 saturated heterocycles. The highest BCUT2D eigenvalue weighted by Crippen LogP contribution is 2.43. The van der Waals surface area contributed by atoms with Crippen molar-refractivity contribution in [3.8, 4) is 17.2 Å². The quantitative estimate of drug-likeness (QED) is 0.674. The maximum Gasteiger partial charge on any atom is 0.302 e. The number of ether oxygens (including phenoxy) is 4. The van der Waals surface area contributed by atoms with Gasteiger partial charge in [0.15, 0.2) is 0 Å². The highest BCUT2D eigenvalue weighted by molar-refractivity contribution is 9.10. The normalized spacial score (nSPS) is 10.8. The molecule has 0 amide bonds. The largest absolute Gasteiger partial charge is 0.497 e. The molecule has 0 radical (unpaired) electrons. The Balaban J connectivity index is 2.73. The van der Waals surface area contributed by atoms with E-state index < -0.39 is 0 Å². The minimum absolute atomic E-state index is 0.0113. The molecule has 0 unspecified atom stereocenters. The van der Waals surface area contributed by atoms with Crippen molar-refractivity contribution < 1.29 is 23.7 Å². The van der Waals surface area contributed by atoms with Crippen molar-refractivity contribution >= 4 is 32.7 Å². The minimum Gasteiger partial charge on any atom is -0.497 e. The third kappa shape index (κ3) is 3.93. The van der Waals surface area contributed by atoms with Gasteiger partial charge in [0.2, 0.25) is 0 Å². The summed E-state index contributed by atoms with van der Waals surface area (Å²) < 4.78 is 22.8. The van der Waals surface area contributed by atoms with Crippen LogP contribution in [0.15, 0.2) is 22.7 Å². The first-order chi connectivity index (χ1) is 11.4. The number of halogens is 1. The molecule has 0 spiro atoms. The first kappa shape index (κ1) is 18.4. The second-order valence-electron chi connectivity index (χ2n) is 5.55. The molecule has 130 valence electrons. The topological polar surface area (TPSA) is 54.0 Å². The van der Waals surface area contributed by atoms with Gasteiger partial charge in [0.25, 0.3) is 0 Å². The molecule has 0 aliphatic heterocycles. The number of esters is 1. The van der Waals surface area contributed by atoms with Crippen LogP contribution in [0.4, 0.5) is 0 Å². The molecule has 0 aliphatic carbocycles. The van der Waals surface area contributed by atoms with Gasteiger partial charge in [0.1, 0.15) is 23.9 Å². The Bertz CT molecular complexity index is 755. The van der Waals surface area contributed by atoms with Crippen LogP contribution in [0.2, 0.25) is 0 Å². The number of carbonyl (C=O) groups is 1. The third-order valence-corrected chi connectivity index (χ3v) is 4.33. The van der Waals surface area contributed by atoms with Crippen LogP contribution in [-0.2, 0) is 16.1 Å². The fraction of sp³-hybridized carbons (Fsp3) is 0.389. The summed E-state index contributed by atoms with van der Waals surface area (Å²) in [4.78, 5) is 11.1. The zero-order valence-corrected chi connectivity index (χ0v) is 16.0. The van der Waals surface area contributed by atoms with E-state index in [1.165, 1.54) is 6.92 Å². The molecule has 0 saturated carbocycles. The first-order valence-electron chi connectivity index (χ1n) is 7.54. The maximum atomic E-state index is 11.1. The molecule has 0 aliphatic rings. The average Bonchev–Trinajstić information content (AvgIpc) is 2.54. The molecule has 0 fully saturated rings. The Morgan fingerprint density at radius 1 is 1.12 bits per heavy atom. The van der Waals surface area contributed by atoms with Gasteiger partial charge in [-0.15, -0.1) is 0 Å². The van der Waals surface area contributed by atoms with E-state index in [2.05, 4.69) is 15.9 Å². The lowest BCUT2D eigenvalue weighted by Crippen LogP contribution is -2.08. The van der Waals surface area contributed by atoms with Gasteiger partial charge in [0, 0.05) is 28.4 Å². The zero-order chi connectivity index (χ0) is 17.9. The Labute approximate surface area is 150 Å². The van der Waals surface area contributed by atoms with Gasteiger partial charge < -0.3 is 18.9 Å². The summed E-state index contributed by atoms with van der Waals surface area (Å²) in [5, 5.41) is 1.71. The summed E-state index contributed by atoms with van der Waals surface area (Å²) in [7, 11) is 3.21. The zero-order valence-electron chi connectivity index (χ0n) is 14.4. The van der Waals surface area contributed by atoms with Crippen LogP contribution in [0.3, 0.4) is 0 Å². The van der Waals surface area contributed by atoms with Gasteiger partial charge in [-0.05, 0) is 41.9 Å². The van der Waals surface area contributed by atoms with Gasteiger partial charge in [0.05, 0.1) is 25.7 Å². The van der Waals surface area contributed by atoms with Crippen LogP contribution < -0.4 is 14.2 Å². The van der Waals surface area contributed by atoms with Crippen molar-refractivity contribution in [1.29, 1.82) is 0 Å². The Hall–Kier alpha value is -1.95. The summed E-state index contributed by atoms with van der Waals surface area (Å²) >= 11 is 3.60. The Morgan fingerprint density at radius 2 is 1.83 bits per heavy atom. The van der Waals surface area contributed by atoms with E-state index in [9.17, 15) is 4.79 Å². The van der Waals surface area contributed by atoms with Crippen LogP contribution in [-0.4, -0.2) is 26.3 Å². The molecule has 0 atom stereocenters. The summed E-state index contributed by atoms with van der Waals surface area (Å²) in [6, 6.07) is 5.57. The van der Waals surface area contributed by atoms with E-state index in [0.29, 0.717) is 17.2 Å². The van der Waals surface area contributed by atoms with Crippen molar-refractivity contribution in [3.63, 3.8) is 0 Å². The van der Waals surface area contributed by atoms with Crippen LogP contribution >= 0.6 is 15.9 Å². The number of benzene rings is 2. The lowest BCUT2D eigenvalue weighted by atomic mass is 10.0. The fourth-order valence-electron chi connectivity index (χ4n) is 2.39. The van der Waals surface area contributed by atoms with Gasteiger partial charge in [-0.25, -0.2) is 0 Å². The smallest absolute Gasteiger partial charge is 0.302 e. The Kier molecular flexibility index (Phi) is 5.94. The van der Waals surface area contributed by atoms with Gasteiger partial charge in [-0.3, -0.25) is 4.79 Å². The number of methoxy groups -OCH3 is 2. The van der Waals surface area contributed by atoms with E-state index in [1.54, 1.807) is 14.2 Å². The van der Waals surface area contributed by atoms with E-state index >= 15 is 0 Å². The van der Waals surface area contributed by atoms with Gasteiger partial charge >= 0.3 is 5.97 Å². The molecular formula is C18H21BrO5. The highest BCUT2D eigenvalue weighted by atomic mass is 79.9. The molecule has 0 heterocycles. The molecule has 2 aromatic carbocycles. The van der Waals surface area contributed by atoms with Gasteiger partial charge in [-0.1, -0.05) is 0 Å². The van der Waals surface area contributed by atoms with Crippen LogP contribution in [0.25, 0.3) is 10.8 Å². The Morgan fingerprint density at radius 3 is 2.38 bits per heavy atom. The minimum atomic E-state index is -0.337. The van der Waals surface area contributed by atoms with E-state index in [-0.39, 0.29) is 18.7 Å². The van der Waals surface area contributed by atoms with Crippen molar-refractivity contribution in [3.05, 3.63) is 28.2 Å². The molecule has 6 heteroatoms. The van der Waals surface area contributed by atoms with Crippen LogP contribution in [0.1, 0.15) is 26.3 Å². The number of fused-ring (bicyclic) bond motifs is 1. The SMILES string of the molecule is COc1cc(OC)c2c(OC(C)C)cc(COC(C)=O)c(Br)c2c1. The highest BCUT2D eigenvalue weighted by Gasteiger charge is 2.18. The van der Waals surface area contributed by atoms with Crippen molar-refractivity contribution in [2.24, 2.45) is 0 Å². The lowest BCUT2D eigenvalue weighted by molar-refractivity contribution is -0.142. The predicted octanol–water partition coefficient (Wildman–Crippen LogP) is 4.47. The summed E-state index contributed by atoms with van der Waals surface area (Å²) in [6.45, 7) is 5.44.